The van der Waals surface area contributed by atoms with Crippen LogP contribution >= 0.6 is 11.8 Å². The zero-order valence-corrected chi connectivity index (χ0v) is 22.2. The van der Waals surface area contributed by atoms with Crippen molar-refractivity contribution < 1.29 is 0 Å². The van der Waals surface area contributed by atoms with Crippen molar-refractivity contribution >= 4 is 34.4 Å². The monoisotopic (exact) mass is 468 g/mol. The molecule has 1 aromatic carbocycles. The molecule has 33 heavy (non-hydrogen) atoms. The van der Waals surface area contributed by atoms with Crippen molar-refractivity contribution in [1.82, 2.24) is 9.88 Å². The molecule has 1 heterocycles. The van der Waals surface area contributed by atoms with Crippen molar-refractivity contribution in [2.45, 2.75) is 47.1 Å². The second kappa shape index (κ2) is 14.4. The number of aryl methyl sites for hydroxylation is 1. The number of nitrogens with one attached hydrogen (secondary N) is 1. The average molecular weight is 469 g/mol. The number of hydrogen-bond acceptors (Lipinski definition) is 5. The highest BCUT2D eigenvalue weighted by Gasteiger charge is 2.16. The van der Waals surface area contributed by atoms with E-state index in [1.54, 1.807) is 42.7 Å². The van der Waals surface area contributed by atoms with Gasteiger partial charge in [0, 0.05) is 43.2 Å². The number of allylic oxidation sites excluding steroid dienone is 4. The lowest BCUT2D eigenvalue weighted by atomic mass is 9.96. The fourth-order valence-corrected chi connectivity index (χ4v) is 4.02. The van der Waals surface area contributed by atoms with E-state index < -0.39 is 0 Å². The molecule has 2 rings (SSSR count). The molecule has 6 heteroatoms. The standard InChI is InChI=1S/C25H34N4OS.C2H6/c1-7-8-9-10-19(16-31-6)28-18(3)20-13-17(2)14-22-21(20)15-24(29(5)25(22)30)23(26)11-12-27-4;1-2/h8-15,18,28H,7,16,26H2,1-6H3;1-2H3/b9-8?,19-10+,23-11-,27-12?;. The summed E-state index contributed by atoms with van der Waals surface area (Å²) in [5.41, 5.74) is 10.7. The van der Waals surface area contributed by atoms with Gasteiger partial charge in [-0.2, -0.15) is 11.8 Å². The Morgan fingerprint density at radius 1 is 1.24 bits per heavy atom. The summed E-state index contributed by atoms with van der Waals surface area (Å²) in [6.45, 7) is 10.3. The van der Waals surface area contributed by atoms with Gasteiger partial charge in [0.05, 0.1) is 11.4 Å². The number of fused-ring (bicyclic) bond motifs is 1. The van der Waals surface area contributed by atoms with Gasteiger partial charge in [-0.05, 0) is 67.3 Å². The van der Waals surface area contributed by atoms with Crippen molar-refractivity contribution in [3.05, 3.63) is 75.4 Å². The summed E-state index contributed by atoms with van der Waals surface area (Å²) in [6.07, 6.45) is 12.8. The van der Waals surface area contributed by atoms with Gasteiger partial charge in [0.15, 0.2) is 0 Å². The highest BCUT2D eigenvalue weighted by atomic mass is 32.2. The van der Waals surface area contributed by atoms with Gasteiger partial charge in [0.1, 0.15) is 0 Å². The summed E-state index contributed by atoms with van der Waals surface area (Å²) in [7, 11) is 3.44. The molecule has 0 aliphatic rings. The fraction of sp³-hybridized carbons (Fsp3) is 0.407. The molecule has 180 valence electrons. The van der Waals surface area contributed by atoms with Crippen LogP contribution in [0.15, 0.2) is 58.0 Å². The van der Waals surface area contributed by atoms with Gasteiger partial charge in [-0.1, -0.05) is 39.0 Å². The van der Waals surface area contributed by atoms with Crippen LogP contribution < -0.4 is 16.6 Å². The summed E-state index contributed by atoms with van der Waals surface area (Å²) in [5, 5.41) is 5.26. The Kier molecular flexibility index (Phi) is 12.4. The predicted octanol–water partition coefficient (Wildman–Crippen LogP) is 5.74. The quantitative estimate of drug-likeness (QED) is 0.364. The molecule has 0 radical (unpaired) electrons. The Labute approximate surface area is 203 Å². The average Bonchev–Trinajstić information content (AvgIpc) is 2.81. The van der Waals surface area contributed by atoms with Crippen molar-refractivity contribution in [1.29, 1.82) is 0 Å². The van der Waals surface area contributed by atoms with E-state index in [1.807, 2.05) is 32.9 Å². The Bertz CT molecular complexity index is 1090. The van der Waals surface area contributed by atoms with Gasteiger partial charge >= 0.3 is 0 Å². The number of aliphatic imine (C=N–C) groups is 1. The molecule has 3 N–H and O–H groups in total. The minimum atomic E-state index is -0.0554. The number of benzene rings is 1. The first kappa shape index (κ1) is 28.3. The molecule has 0 aliphatic heterocycles. The fourth-order valence-electron chi connectivity index (χ4n) is 3.53. The van der Waals surface area contributed by atoms with E-state index in [4.69, 9.17) is 5.73 Å². The second-order valence-electron chi connectivity index (χ2n) is 7.57. The van der Waals surface area contributed by atoms with Crippen LogP contribution in [0.5, 0.6) is 0 Å². The van der Waals surface area contributed by atoms with Crippen LogP contribution in [-0.2, 0) is 7.05 Å². The number of thioether (sulfide) groups is 1. The molecular weight excluding hydrogens is 428 g/mol. The van der Waals surface area contributed by atoms with Crippen molar-refractivity contribution in [3.63, 3.8) is 0 Å². The van der Waals surface area contributed by atoms with Crippen molar-refractivity contribution in [2.24, 2.45) is 17.8 Å². The van der Waals surface area contributed by atoms with Crippen LogP contribution in [0.25, 0.3) is 16.5 Å². The number of rotatable bonds is 9. The van der Waals surface area contributed by atoms with E-state index in [-0.39, 0.29) is 11.6 Å². The number of pyridine rings is 1. The van der Waals surface area contributed by atoms with Crippen LogP contribution in [0.1, 0.15) is 57.0 Å². The maximum absolute atomic E-state index is 13.2. The molecule has 0 saturated heterocycles. The number of nitrogens with two attached hydrogens (primary N) is 1. The Balaban J connectivity index is 0.00000265. The first-order valence-corrected chi connectivity index (χ1v) is 12.9. The smallest absolute Gasteiger partial charge is 0.258 e. The second-order valence-corrected chi connectivity index (χ2v) is 8.43. The maximum Gasteiger partial charge on any atom is 0.258 e. The first-order chi connectivity index (χ1) is 15.8. The summed E-state index contributed by atoms with van der Waals surface area (Å²) in [6, 6.07) is 6.13. The zero-order chi connectivity index (χ0) is 25.0. The van der Waals surface area contributed by atoms with Crippen LogP contribution in [-0.4, -0.2) is 29.8 Å². The predicted molar refractivity (Wildman–Crippen MR) is 149 cm³/mol. The van der Waals surface area contributed by atoms with E-state index in [0.717, 1.165) is 34.4 Å². The molecular formula is C27H40N4OS. The molecule has 0 spiro atoms. The number of nitrogens with zero attached hydrogens (tertiary/aromatic N) is 2. The SMILES string of the molecule is CC.CCC=C/C=C(\CSC)NC(C)c1cc(C)cc2c(=O)n(C)c(/C(N)=C/C=NC)cc12. The minimum Gasteiger partial charge on any atom is -0.397 e. The van der Waals surface area contributed by atoms with Gasteiger partial charge in [-0.3, -0.25) is 9.79 Å². The Hall–Kier alpha value is -2.73. The molecule has 1 aromatic heterocycles. The van der Waals surface area contributed by atoms with E-state index in [2.05, 4.69) is 54.7 Å². The summed E-state index contributed by atoms with van der Waals surface area (Å²) < 4.78 is 1.60. The normalized spacial score (nSPS) is 13.5. The van der Waals surface area contributed by atoms with E-state index in [9.17, 15) is 4.79 Å². The maximum atomic E-state index is 13.2. The number of aromatic nitrogens is 1. The molecule has 0 saturated carbocycles. The molecule has 1 unspecified atom stereocenters. The van der Waals surface area contributed by atoms with Crippen molar-refractivity contribution in [3.8, 4) is 0 Å². The zero-order valence-electron chi connectivity index (χ0n) is 21.4. The third kappa shape index (κ3) is 7.67. The summed E-state index contributed by atoms with van der Waals surface area (Å²) in [5.74, 6) is 0.890. The molecule has 0 bridgehead atoms. The van der Waals surface area contributed by atoms with Crippen LogP contribution in [0, 0.1) is 6.92 Å². The molecule has 0 amide bonds. The summed E-state index contributed by atoms with van der Waals surface area (Å²) >= 11 is 1.78. The molecule has 2 aromatic rings. The Morgan fingerprint density at radius 2 is 1.94 bits per heavy atom. The molecule has 0 aliphatic carbocycles. The number of hydrogen-bond donors (Lipinski definition) is 2. The van der Waals surface area contributed by atoms with E-state index >= 15 is 0 Å². The third-order valence-electron chi connectivity index (χ3n) is 5.07. The first-order valence-electron chi connectivity index (χ1n) is 11.5. The van der Waals surface area contributed by atoms with Gasteiger partial charge < -0.3 is 15.6 Å². The molecule has 5 nitrogen and oxygen atoms in total. The van der Waals surface area contributed by atoms with Crippen LogP contribution in [0.4, 0.5) is 0 Å². The van der Waals surface area contributed by atoms with Crippen LogP contribution in [0.3, 0.4) is 0 Å². The van der Waals surface area contributed by atoms with E-state index in [1.165, 1.54) is 0 Å². The van der Waals surface area contributed by atoms with Gasteiger partial charge in [0.2, 0.25) is 0 Å². The lowest BCUT2D eigenvalue weighted by Gasteiger charge is -2.21. The minimum absolute atomic E-state index is 0.0261. The van der Waals surface area contributed by atoms with Crippen LogP contribution in [0.2, 0.25) is 0 Å². The highest BCUT2D eigenvalue weighted by Crippen LogP contribution is 2.27. The van der Waals surface area contributed by atoms with Crippen molar-refractivity contribution in [2.75, 3.05) is 19.1 Å². The van der Waals surface area contributed by atoms with Gasteiger partial charge in [-0.25, -0.2) is 0 Å². The topological polar surface area (TPSA) is 72.4 Å². The molecule has 1 atom stereocenters. The summed E-state index contributed by atoms with van der Waals surface area (Å²) in [4.78, 5) is 17.1. The molecule has 0 fully saturated rings. The lowest BCUT2D eigenvalue weighted by molar-refractivity contribution is 0.660. The largest absolute Gasteiger partial charge is 0.397 e. The van der Waals surface area contributed by atoms with Gasteiger partial charge in [-0.15, -0.1) is 0 Å². The Morgan fingerprint density at radius 3 is 2.55 bits per heavy atom. The highest BCUT2D eigenvalue weighted by molar-refractivity contribution is 7.98. The van der Waals surface area contributed by atoms with E-state index in [0.29, 0.717) is 16.8 Å². The van der Waals surface area contributed by atoms with Gasteiger partial charge in [0.25, 0.3) is 5.56 Å². The lowest BCUT2D eigenvalue weighted by Crippen LogP contribution is -2.24. The third-order valence-corrected chi connectivity index (χ3v) is 5.67.